The van der Waals surface area contributed by atoms with Crippen molar-refractivity contribution < 1.29 is 9.18 Å². The number of carbonyl (C=O) groups is 1. The third kappa shape index (κ3) is 4.20. The number of benzene rings is 2. The smallest absolute Gasteiger partial charge is 0.319 e. The summed E-state index contributed by atoms with van der Waals surface area (Å²) in [4.78, 5) is 11.8. The van der Waals surface area contributed by atoms with Crippen LogP contribution in [0.4, 0.5) is 14.9 Å². The monoisotopic (exact) mass is 303 g/mol. The molecule has 2 aromatic carbocycles. The van der Waals surface area contributed by atoms with Crippen LogP contribution < -0.4 is 10.6 Å². The summed E-state index contributed by atoms with van der Waals surface area (Å²) in [6.07, 6.45) is 0. The van der Waals surface area contributed by atoms with Gasteiger partial charge in [-0.2, -0.15) is 5.26 Å². The molecule has 0 bridgehead atoms. The van der Waals surface area contributed by atoms with Crippen molar-refractivity contribution in [2.45, 2.75) is 6.54 Å². The van der Waals surface area contributed by atoms with Crippen molar-refractivity contribution >= 4 is 23.3 Å². The van der Waals surface area contributed by atoms with Crippen LogP contribution >= 0.6 is 11.6 Å². The molecule has 0 spiro atoms. The summed E-state index contributed by atoms with van der Waals surface area (Å²) in [5.41, 5.74) is 1.21. The van der Waals surface area contributed by atoms with E-state index in [9.17, 15) is 9.18 Å². The average molecular weight is 304 g/mol. The fourth-order valence-electron chi connectivity index (χ4n) is 1.67. The number of anilines is 1. The number of hydrogen-bond acceptors (Lipinski definition) is 2. The molecule has 2 rings (SSSR count). The van der Waals surface area contributed by atoms with Crippen molar-refractivity contribution in [2.75, 3.05) is 5.32 Å². The molecule has 4 nitrogen and oxygen atoms in total. The first kappa shape index (κ1) is 14.8. The minimum Gasteiger partial charge on any atom is -0.334 e. The Labute approximate surface area is 126 Å². The lowest BCUT2D eigenvalue weighted by molar-refractivity contribution is 0.251. The van der Waals surface area contributed by atoms with Gasteiger partial charge in [0.15, 0.2) is 0 Å². The molecule has 0 saturated carbocycles. The number of nitrogens with one attached hydrogen (secondary N) is 2. The second kappa shape index (κ2) is 6.73. The molecule has 0 heterocycles. The summed E-state index contributed by atoms with van der Waals surface area (Å²) in [5, 5.41) is 14.6. The standard InChI is InChI=1S/C15H11ClFN3O/c16-12-3-1-10(2-4-12)9-19-15(21)20-14-6-5-13(17)7-11(14)8-18/h1-7H,9H2,(H2,19,20,21). The highest BCUT2D eigenvalue weighted by atomic mass is 35.5. The van der Waals surface area contributed by atoms with Crippen LogP contribution in [-0.2, 0) is 6.54 Å². The maximum atomic E-state index is 13.0. The van der Waals surface area contributed by atoms with E-state index in [1.165, 1.54) is 12.1 Å². The topological polar surface area (TPSA) is 64.9 Å². The normalized spacial score (nSPS) is 9.76. The number of nitriles is 1. The zero-order chi connectivity index (χ0) is 15.2. The van der Waals surface area contributed by atoms with Gasteiger partial charge in [-0.1, -0.05) is 23.7 Å². The molecule has 0 atom stereocenters. The van der Waals surface area contributed by atoms with Gasteiger partial charge < -0.3 is 10.6 Å². The van der Waals surface area contributed by atoms with Crippen LogP contribution in [0.2, 0.25) is 5.02 Å². The molecule has 0 aliphatic carbocycles. The Balaban J connectivity index is 1.96. The Kier molecular flexibility index (Phi) is 4.75. The van der Waals surface area contributed by atoms with Crippen LogP contribution in [0.15, 0.2) is 42.5 Å². The van der Waals surface area contributed by atoms with Gasteiger partial charge in [0.05, 0.1) is 11.3 Å². The van der Waals surface area contributed by atoms with Crippen LogP contribution in [0.3, 0.4) is 0 Å². The van der Waals surface area contributed by atoms with Gasteiger partial charge in [-0.25, -0.2) is 9.18 Å². The Morgan fingerprint density at radius 2 is 1.95 bits per heavy atom. The van der Waals surface area contributed by atoms with Crippen LogP contribution in [0, 0.1) is 17.1 Å². The Morgan fingerprint density at radius 3 is 2.62 bits per heavy atom. The van der Waals surface area contributed by atoms with E-state index < -0.39 is 11.8 Å². The number of nitrogens with zero attached hydrogens (tertiary/aromatic N) is 1. The van der Waals surface area contributed by atoms with Gasteiger partial charge in [0.25, 0.3) is 0 Å². The lowest BCUT2D eigenvalue weighted by Gasteiger charge is -2.09. The molecule has 0 saturated heterocycles. The van der Waals surface area contributed by atoms with Gasteiger partial charge in [-0.15, -0.1) is 0 Å². The third-order valence-electron chi connectivity index (χ3n) is 2.72. The minimum atomic E-state index is -0.529. The van der Waals surface area contributed by atoms with Gasteiger partial charge in [-0.05, 0) is 35.9 Å². The quantitative estimate of drug-likeness (QED) is 0.908. The molecule has 0 fully saturated rings. The molecule has 106 valence electrons. The highest BCUT2D eigenvalue weighted by Gasteiger charge is 2.07. The summed E-state index contributed by atoms with van der Waals surface area (Å²) in [6, 6.07) is 12.0. The van der Waals surface area contributed by atoms with Crippen LogP contribution in [0.1, 0.15) is 11.1 Å². The molecule has 6 heteroatoms. The van der Waals surface area contributed by atoms with Gasteiger partial charge >= 0.3 is 6.03 Å². The lowest BCUT2D eigenvalue weighted by Crippen LogP contribution is -2.28. The summed E-state index contributed by atoms with van der Waals surface area (Å²) < 4.78 is 13.0. The highest BCUT2D eigenvalue weighted by Crippen LogP contribution is 2.16. The molecule has 0 radical (unpaired) electrons. The van der Waals surface area contributed by atoms with E-state index in [4.69, 9.17) is 16.9 Å². The van der Waals surface area contributed by atoms with E-state index in [1.807, 2.05) is 6.07 Å². The molecule has 0 unspecified atom stereocenters. The molecule has 2 amide bonds. The summed E-state index contributed by atoms with van der Waals surface area (Å²) in [5.74, 6) is -0.529. The number of rotatable bonds is 3. The Morgan fingerprint density at radius 1 is 1.24 bits per heavy atom. The van der Waals surface area contributed by atoms with Gasteiger partial charge in [0, 0.05) is 11.6 Å². The zero-order valence-electron chi connectivity index (χ0n) is 10.9. The van der Waals surface area contributed by atoms with E-state index in [2.05, 4.69) is 10.6 Å². The third-order valence-corrected chi connectivity index (χ3v) is 2.97. The second-order valence-corrected chi connectivity index (χ2v) is 4.67. The zero-order valence-corrected chi connectivity index (χ0v) is 11.6. The summed E-state index contributed by atoms with van der Waals surface area (Å²) in [6.45, 7) is 0.312. The van der Waals surface area contributed by atoms with Crippen molar-refractivity contribution in [3.05, 3.63) is 64.4 Å². The molecule has 21 heavy (non-hydrogen) atoms. The SMILES string of the molecule is N#Cc1cc(F)ccc1NC(=O)NCc1ccc(Cl)cc1. The maximum Gasteiger partial charge on any atom is 0.319 e. The van der Waals surface area contributed by atoms with Crippen molar-refractivity contribution in [1.82, 2.24) is 5.32 Å². The van der Waals surface area contributed by atoms with Crippen molar-refractivity contribution in [3.8, 4) is 6.07 Å². The average Bonchev–Trinajstić information content (AvgIpc) is 2.48. The molecular weight excluding hydrogens is 293 g/mol. The fourth-order valence-corrected chi connectivity index (χ4v) is 1.80. The molecule has 0 aliphatic rings. The van der Waals surface area contributed by atoms with Crippen LogP contribution in [0.25, 0.3) is 0 Å². The maximum absolute atomic E-state index is 13.0. The Bertz CT molecular complexity index is 695. The first-order valence-corrected chi connectivity index (χ1v) is 6.45. The predicted octanol–water partition coefficient (Wildman–Crippen LogP) is 3.67. The number of halogens is 2. The van der Waals surface area contributed by atoms with Crippen LogP contribution in [0.5, 0.6) is 0 Å². The predicted molar refractivity (Wildman–Crippen MR) is 78.4 cm³/mol. The van der Waals surface area contributed by atoms with E-state index in [0.29, 0.717) is 11.6 Å². The largest absolute Gasteiger partial charge is 0.334 e. The summed E-state index contributed by atoms with van der Waals surface area (Å²) >= 11 is 5.77. The number of carbonyl (C=O) groups excluding carboxylic acids is 1. The molecule has 2 aromatic rings. The Hall–Kier alpha value is -2.58. The van der Waals surface area contributed by atoms with Crippen LogP contribution in [-0.4, -0.2) is 6.03 Å². The van der Waals surface area contributed by atoms with Gasteiger partial charge in [0.2, 0.25) is 0 Å². The first-order chi connectivity index (χ1) is 10.1. The van der Waals surface area contributed by atoms with Gasteiger partial charge in [0.1, 0.15) is 11.9 Å². The second-order valence-electron chi connectivity index (χ2n) is 4.24. The van der Waals surface area contributed by atoms with Gasteiger partial charge in [-0.3, -0.25) is 0 Å². The van der Waals surface area contributed by atoms with Crippen molar-refractivity contribution in [1.29, 1.82) is 5.26 Å². The van der Waals surface area contributed by atoms with Crippen molar-refractivity contribution in [3.63, 3.8) is 0 Å². The number of amides is 2. The number of hydrogen-bond donors (Lipinski definition) is 2. The van der Waals surface area contributed by atoms with Crippen molar-refractivity contribution in [2.24, 2.45) is 0 Å². The first-order valence-electron chi connectivity index (χ1n) is 6.07. The molecular formula is C15H11ClFN3O. The van der Waals surface area contributed by atoms with E-state index >= 15 is 0 Å². The molecule has 2 N–H and O–H groups in total. The highest BCUT2D eigenvalue weighted by molar-refractivity contribution is 6.30. The summed E-state index contributed by atoms with van der Waals surface area (Å²) in [7, 11) is 0. The fraction of sp³-hybridized carbons (Fsp3) is 0.0667. The van der Waals surface area contributed by atoms with E-state index in [0.717, 1.165) is 11.6 Å². The molecule has 0 aromatic heterocycles. The van der Waals surface area contributed by atoms with E-state index in [1.54, 1.807) is 24.3 Å². The lowest BCUT2D eigenvalue weighted by atomic mass is 10.2. The minimum absolute atomic E-state index is 0.0663. The number of urea groups is 1. The molecule has 0 aliphatic heterocycles. The van der Waals surface area contributed by atoms with E-state index in [-0.39, 0.29) is 11.3 Å².